The molecular formula is C21H26O3. The van der Waals surface area contributed by atoms with Crippen molar-refractivity contribution in [2.45, 2.75) is 52.4 Å². The Balaban J connectivity index is 2.74. The Hall–Kier alpha value is -2.29. The molecule has 0 amide bonds. The van der Waals surface area contributed by atoms with Gasteiger partial charge in [-0.2, -0.15) is 0 Å². The molecule has 128 valence electrons. The Bertz CT molecular complexity index is 775. The molecule has 2 aromatic carbocycles. The Morgan fingerprint density at radius 1 is 0.792 bits per heavy atom. The SMILES string of the molecule is CC(C)(C)c1ccc(C(=O)c2ccccc2O)c(C(C)(C)C)c1O. The molecule has 0 heterocycles. The van der Waals surface area contributed by atoms with Gasteiger partial charge in [-0.3, -0.25) is 4.79 Å². The van der Waals surface area contributed by atoms with Gasteiger partial charge < -0.3 is 10.2 Å². The molecule has 0 radical (unpaired) electrons. The van der Waals surface area contributed by atoms with Gasteiger partial charge in [0.15, 0.2) is 5.78 Å². The highest BCUT2D eigenvalue weighted by Crippen LogP contribution is 2.41. The average molecular weight is 326 g/mol. The first kappa shape index (κ1) is 18.1. The largest absolute Gasteiger partial charge is 0.507 e. The summed E-state index contributed by atoms with van der Waals surface area (Å²) in [7, 11) is 0. The first-order valence-corrected chi connectivity index (χ1v) is 8.14. The highest BCUT2D eigenvalue weighted by Gasteiger charge is 2.31. The van der Waals surface area contributed by atoms with Crippen molar-refractivity contribution in [3.05, 3.63) is 58.7 Å². The molecule has 0 atom stereocenters. The van der Waals surface area contributed by atoms with Crippen molar-refractivity contribution in [3.8, 4) is 11.5 Å². The number of aromatic hydroxyl groups is 2. The lowest BCUT2D eigenvalue weighted by Gasteiger charge is -2.29. The van der Waals surface area contributed by atoms with Crippen LogP contribution in [0.4, 0.5) is 0 Å². The highest BCUT2D eigenvalue weighted by atomic mass is 16.3. The van der Waals surface area contributed by atoms with Crippen LogP contribution < -0.4 is 0 Å². The third kappa shape index (κ3) is 3.30. The standard InChI is InChI=1S/C21H26O3/c1-20(2,3)15-12-11-14(17(19(15)24)21(4,5)6)18(23)13-9-7-8-10-16(13)22/h7-12,22,24H,1-6H3. The monoisotopic (exact) mass is 326 g/mol. The summed E-state index contributed by atoms with van der Waals surface area (Å²) in [6.45, 7) is 12.0. The number of carbonyl (C=O) groups excluding carboxylic acids is 1. The van der Waals surface area contributed by atoms with E-state index in [0.717, 1.165) is 5.56 Å². The van der Waals surface area contributed by atoms with Crippen LogP contribution in [0.15, 0.2) is 36.4 Å². The molecule has 0 aliphatic carbocycles. The van der Waals surface area contributed by atoms with Crippen LogP contribution in [0.3, 0.4) is 0 Å². The molecule has 0 unspecified atom stereocenters. The summed E-state index contributed by atoms with van der Waals surface area (Å²) in [5.41, 5.74) is 1.44. The quantitative estimate of drug-likeness (QED) is 0.770. The van der Waals surface area contributed by atoms with E-state index in [-0.39, 0.29) is 28.3 Å². The van der Waals surface area contributed by atoms with Crippen LogP contribution in [-0.2, 0) is 10.8 Å². The maximum absolute atomic E-state index is 13.0. The molecule has 2 aromatic rings. The molecule has 0 fully saturated rings. The minimum Gasteiger partial charge on any atom is -0.507 e. The predicted octanol–water partition coefficient (Wildman–Crippen LogP) is 4.92. The van der Waals surface area contributed by atoms with Gasteiger partial charge in [0, 0.05) is 11.1 Å². The Morgan fingerprint density at radius 2 is 1.38 bits per heavy atom. The van der Waals surface area contributed by atoms with Crippen LogP contribution in [-0.4, -0.2) is 16.0 Å². The van der Waals surface area contributed by atoms with E-state index in [1.165, 1.54) is 6.07 Å². The highest BCUT2D eigenvalue weighted by molar-refractivity contribution is 6.12. The van der Waals surface area contributed by atoms with E-state index in [9.17, 15) is 15.0 Å². The van der Waals surface area contributed by atoms with Gasteiger partial charge in [0.25, 0.3) is 0 Å². The Labute approximate surface area is 144 Å². The van der Waals surface area contributed by atoms with Gasteiger partial charge in [-0.05, 0) is 28.5 Å². The molecule has 3 heteroatoms. The van der Waals surface area contributed by atoms with Gasteiger partial charge >= 0.3 is 0 Å². The number of hydrogen-bond donors (Lipinski definition) is 2. The van der Waals surface area contributed by atoms with Gasteiger partial charge in [0.2, 0.25) is 0 Å². The van der Waals surface area contributed by atoms with E-state index in [1.54, 1.807) is 30.3 Å². The van der Waals surface area contributed by atoms with E-state index in [1.807, 2.05) is 41.5 Å². The zero-order valence-electron chi connectivity index (χ0n) is 15.3. The Morgan fingerprint density at radius 3 is 1.88 bits per heavy atom. The van der Waals surface area contributed by atoms with Crippen molar-refractivity contribution in [1.29, 1.82) is 0 Å². The summed E-state index contributed by atoms with van der Waals surface area (Å²) in [5, 5.41) is 20.9. The fourth-order valence-corrected chi connectivity index (χ4v) is 2.96. The molecule has 2 rings (SSSR count). The van der Waals surface area contributed by atoms with Crippen molar-refractivity contribution in [3.63, 3.8) is 0 Å². The van der Waals surface area contributed by atoms with Gasteiger partial charge in [-0.15, -0.1) is 0 Å². The molecule has 0 saturated heterocycles. The molecule has 0 aromatic heterocycles. The van der Waals surface area contributed by atoms with Crippen LogP contribution in [0.5, 0.6) is 11.5 Å². The molecule has 0 spiro atoms. The van der Waals surface area contributed by atoms with E-state index < -0.39 is 5.41 Å². The van der Waals surface area contributed by atoms with Crippen molar-refractivity contribution < 1.29 is 15.0 Å². The van der Waals surface area contributed by atoms with E-state index >= 15 is 0 Å². The van der Waals surface area contributed by atoms with E-state index in [4.69, 9.17) is 0 Å². The second kappa shape index (κ2) is 5.97. The maximum atomic E-state index is 13.0. The summed E-state index contributed by atoms with van der Waals surface area (Å²) >= 11 is 0. The molecule has 3 nitrogen and oxygen atoms in total. The molecule has 0 aliphatic heterocycles. The topological polar surface area (TPSA) is 57.5 Å². The summed E-state index contributed by atoms with van der Waals surface area (Å²) < 4.78 is 0. The summed E-state index contributed by atoms with van der Waals surface area (Å²) in [4.78, 5) is 13.0. The minimum atomic E-state index is -0.416. The molecule has 0 bridgehead atoms. The first-order chi connectivity index (χ1) is 10.9. The number of ketones is 1. The zero-order valence-corrected chi connectivity index (χ0v) is 15.3. The zero-order chi connectivity index (χ0) is 18.3. The van der Waals surface area contributed by atoms with Crippen LogP contribution >= 0.6 is 0 Å². The van der Waals surface area contributed by atoms with E-state index in [2.05, 4.69) is 0 Å². The number of para-hydroxylation sites is 1. The van der Waals surface area contributed by atoms with Crippen molar-refractivity contribution in [2.24, 2.45) is 0 Å². The van der Waals surface area contributed by atoms with Gasteiger partial charge in [0.1, 0.15) is 11.5 Å². The molecule has 2 N–H and O–H groups in total. The number of hydrogen-bond acceptors (Lipinski definition) is 3. The van der Waals surface area contributed by atoms with Gasteiger partial charge in [0.05, 0.1) is 5.56 Å². The van der Waals surface area contributed by atoms with Crippen molar-refractivity contribution in [2.75, 3.05) is 0 Å². The van der Waals surface area contributed by atoms with Crippen LogP contribution in [0.2, 0.25) is 0 Å². The second-order valence-electron chi connectivity index (χ2n) is 8.23. The van der Waals surface area contributed by atoms with Crippen LogP contribution in [0, 0.1) is 0 Å². The van der Waals surface area contributed by atoms with Crippen LogP contribution in [0.25, 0.3) is 0 Å². The normalized spacial score (nSPS) is 12.2. The minimum absolute atomic E-state index is 0.0539. The third-order valence-corrected chi connectivity index (χ3v) is 4.13. The van der Waals surface area contributed by atoms with Gasteiger partial charge in [-0.25, -0.2) is 0 Å². The number of rotatable bonds is 2. The lowest BCUT2D eigenvalue weighted by atomic mass is 9.76. The number of phenolic OH excluding ortho intramolecular Hbond substituents is 2. The molecular weight excluding hydrogens is 300 g/mol. The van der Waals surface area contributed by atoms with Gasteiger partial charge in [-0.1, -0.05) is 65.8 Å². The first-order valence-electron chi connectivity index (χ1n) is 8.14. The second-order valence-corrected chi connectivity index (χ2v) is 8.23. The molecule has 24 heavy (non-hydrogen) atoms. The molecule has 0 saturated carbocycles. The predicted molar refractivity (Wildman–Crippen MR) is 97.0 cm³/mol. The average Bonchev–Trinajstić information content (AvgIpc) is 2.44. The Kier molecular flexibility index (Phi) is 4.49. The fourth-order valence-electron chi connectivity index (χ4n) is 2.96. The van der Waals surface area contributed by atoms with Crippen LogP contribution in [0.1, 0.15) is 68.6 Å². The lowest BCUT2D eigenvalue weighted by Crippen LogP contribution is -2.21. The summed E-state index contributed by atoms with van der Waals surface area (Å²) in [6, 6.07) is 10.0. The smallest absolute Gasteiger partial charge is 0.197 e. The fraction of sp³-hybridized carbons (Fsp3) is 0.381. The van der Waals surface area contributed by atoms with Crippen molar-refractivity contribution >= 4 is 5.78 Å². The maximum Gasteiger partial charge on any atom is 0.197 e. The summed E-state index contributed by atoms with van der Waals surface area (Å²) in [6.07, 6.45) is 0. The number of carbonyl (C=O) groups is 1. The third-order valence-electron chi connectivity index (χ3n) is 4.13. The molecule has 0 aliphatic rings. The summed E-state index contributed by atoms with van der Waals surface area (Å²) in [5.74, 6) is -0.174. The number of phenols is 2. The van der Waals surface area contributed by atoms with Crippen molar-refractivity contribution in [1.82, 2.24) is 0 Å². The lowest BCUT2D eigenvalue weighted by molar-refractivity contribution is 0.103. The van der Waals surface area contributed by atoms with E-state index in [0.29, 0.717) is 11.1 Å². The number of benzene rings is 2.